The molecule has 0 radical (unpaired) electrons. The molecule has 2 bridgehead atoms. The first-order valence-electron chi connectivity index (χ1n) is 8.88. The molecule has 2 saturated carbocycles. The average Bonchev–Trinajstić information content (AvgIpc) is 3.15. The number of hydrogen-bond acceptors (Lipinski definition) is 1. The monoisotopic (exact) mass is 424 g/mol. The highest BCUT2D eigenvalue weighted by atomic mass is 19.4. The van der Waals surface area contributed by atoms with Gasteiger partial charge in [-0.15, -0.1) is 0 Å². The Balaban J connectivity index is 2.23. The molecule has 10 heteroatoms. The van der Waals surface area contributed by atoms with Gasteiger partial charge in [0.25, 0.3) is 5.60 Å². The molecule has 2 fully saturated rings. The fraction of sp³-hybridized carbons (Fsp3) is 0.778. The summed E-state index contributed by atoms with van der Waals surface area (Å²) in [5.41, 5.74) is -4.79. The fourth-order valence-corrected chi connectivity index (χ4v) is 4.62. The third-order valence-corrected chi connectivity index (χ3v) is 6.01. The molecule has 0 amide bonds. The van der Waals surface area contributed by atoms with Crippen molar-refractivity contribution in [2.45, 2.75) is 62.9 Å². The van der Waals surface area contributed by atoms with Crippen LogP contribution in [0.1, 0.15) is 44.9 Å². The number of halogens is 9. The highest BCUT2D eigenvalue weighted by Crippen LogP contribution is 2.53. The van der Waals surface area contributed by atoms with Gasteiger partial charge in [0.05, 0.1) is 0 Å². The zero-order chi connectivity index (χ0) is 21.5. The van der Waals surface area contributed by atoms with E-state index in [1.807, 2.05) is 0 Å². The predicted molar refractivity (Wildman–Crippen MR) is 82.8 cm³/mol. The van der Waals surface area contributed by atoms with Gasteiger partial charge in [0.2, 0.25) is 0 Å². The number of allylic oxidation sites excluding steroid dienone is 2. The van der Waals surface area contributed by atoms with Crippen molar-refractivity contribution >= 4 is 0 Å². The van der Waals surface area contributed by atoms with Gasteiger partial charge in [-0.2, -0.15) is 35.1 Å². The molecule has 0 aromatic rings. The van der Waals surface area contributed by atoms with Gasteiger partial charge in [0, 0.05) is 6.42 Å². The van der Waals surface area contributed by atoms with Crippen molar-refractivity contribution in [3.63, 3.8) is 0 Å². The molecular weight excluding hydrogens is 403 g/mol. The van der Waals surface area contributed by atoms with Crippen LogP contribution in [0.2, 0.25) is 0 Å². The summed E-state index contributed by atoms with van der Waals surface area (Å²) in [6.45, 7) is 3.73. The summed E-state index contributed by atoms with van der Waals surface area (Å²) in [5.74, 6) is -3.43. The van der Waals surface area contributed by atoms with Crippen LogP contribution in [-0.2, 0) is 0 Å². The molecule has 0 heterocycles. The zero-order valence-corrected chi connectivity index (χ0v) is 14.8. The minimum atomic E-state index is -6.09. The van der Waals surface area contributed by atoms with Gasteiger partial charge in [-0.3, -0.25) is 0 Å². The van der Waals surface area contributed by atoms with Crippen molar-refractivity contribution in [3.05, 3.63) is 24.1 Å². The van der Waals surface area contributed by atoms with E-state index in [-0.39, 0.29) is 11.8 Å². The maximum Gasteiger partial charge on any atom is 0.426 e. The van der Waals surface area contributed by atoms with Crippen molar-refractivity contribution in [2.24, 2.45) is 23.7 Å². The standard InChI is InChI=1S/C18H21F9O/c1-9(13-6-10-2-3-12(13)5-10)4-11(7-14(19)15(20)21)8-16(28,17(22,23)24)18(25,26)27/h10-13,28H,1-8H2. The molecule has 4 atom stereocenters. The van der Waals surface area contributed by atoms with Crippen LogP contribution in [0.15, 0.2) is 24.1 Å². The van der Waals surface area contributed by atoms with Crippen LogP contribution in [-0.4, -0.2) is 23.1 Å². The Labute approximate surface area is 156 Å². The van der Waals surface area contributed by atoms with E-state index in [1.165, 1.54) is 0 Å². The van der Waals surface area contributed by atoms with Crippen LogP contribution in [0.25, 0.3) is 0 Å². The summed E-state index contributed by atoms with van der Waals surface area (Å²) in [6, 6.07) is 0. The maximum absolute atomic E-state index is 13.4. The molecule has 2 aliphatic carbocycles. The molecule has 4 unspecified atom stereocenters. The van der Waals surface area contributed by atoms with E-state index in [9.17, 15) is 44.6 Å². The second-order valence-electron chi connectivity index (χ2n) is 7.94. The number of fused-ring (bicyclic) bond motifs is 2. The lowest BCUT2D eigenvalue weighted by atomic mass is 9.77. The summed E-state index contributed by atoms with van der Waals surface area (Å²) < 4.78 is 116. The van der Waals surface area contributed by atoms with E-state index >= 15 is 0 Å². The molecule has 28 heavy (non-hydrogen) atoms. The molecule has 1 nitrogen and oxygen atoms in total. The summed E-state index contributed by atoms with van der Waals surface area (Å²) >= 11 is 0. The minimum absolute atomic E-state index is 0.131. The first-order valence-corrected chi connectivity index (χ1v) is 8.88. The molecule has 0 aromatic carbocycles. The molecular formula is C18H21F9O. The van der Waals surface area contributed by atoms with Crippen LogP contribution in [0.4, 0.5) is 39.5 Å². The van der Waals surface area contributed by atoms with Crippen molar-refractivity contribution in [3.8, 4) is 0 Å². The van der Waals surface area contributed by atoms with Crippen molar-refractivity contribution in [1.82, 2.24) is 0 Å². The van der Waals surface area contributed by atoms with Crippen molar-refractivity contribution in [2.75, 3.05) is 0 Å². The molecule has 2 aliphatic rings. The molecule has 162 valence electrons. The number of alkyl halides is 6. The van der Waals surface area contributed by atoms with E-state index in [0.717, 1.165) is 19.3 Å². The Bertz CT molecular complexity index is 602. The van der Waals surface area contributed by atoms with Crippen molar-refractivity contribution in [1.29, 1.82) is 0 Å². The van der Waals surface area contributed by atoms with Gasteiger partial charge >= 0.3 is 18.4 Å². The van der Waals surface area contributed by atoms with Crippen LogP contribution < -0.4 is 0 Å². The third-order valence-electron chi connectivity index (χ3n) is 6.01. The van der Waals surface area contributed by atoms with E-state index in [4.69, 9.17) is 0 Å². The summed E-state index contributed by atoms with van der Waals surface area (Å²) in [6.07, 6.45) is -15.4. The SMILES string of the molecule is C=C(CC(CC(F)=C(F)F)CC(O)(C(F)(F)F)C(F)(F)F)C1CC2CCC1C2. The Morgan fingerprint density at radius 2 is 1.50 bits per heavy atom. The average molecular weight is 424 g/mol. The zero-order valence-electron chi connectivity index (χ0n) is 14.8. The maximum atomic E-state index is 13.4. The highest BCUT2D eigenvalue weighted by Gasteiger charge is 2.70. The van der Waals surface area contributed by atoms with Crippen LogP contribution >= 0.6 is 0 Å². The molecule has 2 rings (SSSR count). The molecule has 1 N–H and O–H groups in total. The van der Waals surface area contributed by atoms with Crippen LogP contribution in [0.3, 0.4) is 0 Å². The Morgan fingerprint density at radius 3 is 1.89 bits per heavy atom. The van der Waals surface area contributed by atoms with Gasteiger partial charge in [0.1, 0.15) is 0 Å². The van der Waals surface area contributed by atoms with E-state index in [2.05, 4.69) is 6.58 Å². The molecule has 0 saturated heterocycles. The number of aliphatic hydroxyl groups is 1. The van der Waals surface area contributed by atoms with Gasteiger partial charge in [0.15, 0.2) is 5.83 Å². The first kappa shape index (κ1) is 23.1. The largest absolute Gasteiger partial charge is 0.426 e. The lowest BCUT2D eigenvalue weighted by Crippen LogP contribution is -2.57. The minimum Gasteiger partial charge on any atom is -0.374 e. The van der Waals surface area contributed by atoms with Gasteiger partial charge < -0.3 is 5.11 Å². The second-order valence-corrected chi connectivity index (χ2v) is 7.94. The Kier molecular flexibility index (Phi) is 6.53. The number of rotatable bonds is 7. The van der Waals surface area contributed by atoms with Gasteiger partial charge in [-0.1, -0.05) is 18.6 Å². The molecule has 0 aliphatic heterocycles. The predicted octanol–water partition coefficient (Wildman–Crippen LogP) is 6.70. The topological polar surface area (TPSA) is 20.2 Å². The Hall–Kier alpha value is -1.19. The van der Waals surface area contributed by atoms with E-state index in [0.29, 0.717) is 17.9 Å². The Morgan fingerprint density at radius 1 is 0.929 bits per heavy atom. The lowest BCUT2D eigenvalue weighted by molar-refractivity contribution is -0.372. The van der Waals surface area contributed by atoms with Gasteiger partial charge in [-0.05, 0) is 55.8 Å². The molecule has 0 spiro atoms. The fourth-order valence-electron chi connectivity index (χ4n) is 4.62. The summed E-state index contributed by atoms with van der Waals surface area (Å²) in [5, 5.41) is 9.38. The van der Waals surface area contributed by atoms with E-state index in [1.54, 1.807) is 0 Å². The smallest absolute Gasteiger partial charge is 0.374 e. The normalized spacial score (nSPS) is 26.4. The third kappa shape index (κ3) is 4.68. The quantitative estimate of drug-likeness (QED) is 0.356. The lowest BCUT2D eigenvalue weighted by Gasteiger charge is -2.36. The van der Waals surface area contributed by atoms with E-state index < -0.39 is 55.0 Å². The summed E-state index contributed by atoms with van der Waals surface area (Å²) in [7, 11) is 0. The highest BCUT2D eigenvalue weighted by molar-refractivity contribution is 5.12. The number of hydrogen-bond donors (Lipinski definition) is 1. The first-order chi connectivity index (χ1) is 12.7. The molecule has 0 aromatic heterocycles. The van der Waals surface area contributed by atoms with Crippen LogP contribution in [0.5, 0.6) is 0 Å². The van der Waals surface area contributed by atoms with Crippen molar-refractivity contribution < 1.29 is 44.6 Å². The van der Waals surface area contributed by atoms with Crippen LogP contribution in [0, 0.1) is 23.7 Å². The van der Waals surface area contributed by atoms with Gasteiger partial charge in [-0.25, -0.2) is 4.39 Å². The second kappa shape index (κ2) is 7.91. The summed E-state index contributed by atoms with van der Waals surface area (Å²) in [4.78, 5) is 0.